The smallest absolute Gasteiger partial charge is 0.363 e. The summed E-state index contributed by atoms with van der Waals surface area (Å²) in [5, 5.41) is 9.38. The van der Waals surface area contributed by atoms with Crippen LogP contribution in [0, 0.1) is 0 Å². The molecule has 1 saturated heterocycles. The fraction of sp³-hybridized carbons (Fsp3) is 0.364. The number of carbonyl (C=O) groups is 3. The molecule has 1 aromatic rings. The van der Waals surface area contributed by atoms with Gasteiger partial charge in [0.05, 0.1) is 0 Å². The Balaban J connectivity index is 2.27. The van der Waals surface area contributed by atoms with Crippen LogP contribution in [0.5, 0.6) is 0 Å². The van der Waals surface area contributed by atoms with Crippen LogP contribution in [0.25, 0.3) is 0 Å². The van der Waals surface area contributed by atoms with E-state index in [-0.39, 0.29) is 20.8 Å². The molecule has 2 heterocycles. The second-order valence-corrected chi connectivity index (χ2v) is 6.99. The number of β-lactam (4-membered cyclic amide) rings is 1. The molecule has 13 nitrogen and oxygen atoms in total. The molecule has 142 valence electrons. The number of nitrogens with zero attached hydrogens (tertiary/aromatic N) is 3. The zero-order chi connectivity index (χ0) is 19.6. The van der Waals surface area contributed by atoms with E-state index in [1.807, 2.05) is 0 Å². The van der Waals surface area contributed by atoms with Crippen molar-refractivity contribution in [2.24, 2.45) is 5.16 Å². The molecule has 1 aromatic heterocycles. The van der Waals surface area contributed by atoms with E-state index >= 15 is 0 Å². The Kier molecular flexibility index (Phi) is 5.43. The molecule has 1 fully saturated rings. The summed E-state index contributed by atoms with van der Waals surface area (Å²) in [7, 11) is -2.61. The summed E-state index contributed by atoms with van der Waals surface area (Å²) < 4.78 is 31.5. The van der Waals surface area contributed by atoms with Gasteiger partial charge in [-0.2, -0.15) is 12.7 Å². The van der Waals surface area contributed by atoms with Crippen LogP contribution in [0.4, 0.5) is 5.13 Å². The number of nitrogen functional groups attached to an aromatic ring is 1. The van der Waals surface area contributed by atoms with Crippen LogP contribution in [0.2, 0.25) is 0 Å². The summed E-state index contributed by atoms with van der Waals surface area (Å²) in [6, 6.07) is -3.20. The Morgan fingerprint density at radius 2 is 2.15 bits per heavy atom. The minimum atomic E-state index is -4.98. The molecule has 15 heteroatoms. The first kappa shape index (κ1) is 19.5. The Morgan fingerprint density at radius 1 is 1.50 bits per heavy atom. The highest BCUT2D eigenvalue weighted by Gasteiger charge is 2.57. The molecule has 2 rings (SSSR count). The van der Waals surface area contributed by atoms with Gasteiger partial charge in [0.15, 0.2) is 16.9 Å². The molecule has 0 saturated carbocycles. The highest BCUT2D eigenvalue weighted by Crippen LogP contribution is 2.24. The molecule has 2 unspecified atom stereocenters. The number of amides is 3. The Labute approximate surface area is 151 Å². The van der Waals surface area contributed by atoms with E-state index in [4.69, 9.17) is 10.3 Å². The molecule has 3 amide bonds. The van der Waals surface area contributed by atoms with Crippen LogP contribution in [0.1, 0.15) is 5.69 Å². The molecule has 0 spiro atoms. The van der Waals surface area contributed by atoms with Crippen molar-refractivity contribution in [3.63, 3.8) is 0 Å². The number of hydrogen-bond donors (Lipinski definition) is 4. The van der Waals surface area contributed by atoms with E-state index < -0.39 is 40.1 Å². The number of rotatable bonds is 6. The molecule has 0 radical (unpaired) electrons. The van der Waals surface area contributed by atoms with E-state index in [0.717, 1.165) is 11.3 Å². The fourth-order valence-corrected chi connectivity index (χ4v) is 3.56. The topological polar surface area (TPSA) is 193 Å². The van der Waals surface area contributed by atoms with Crippen LogP contribution >= 0.6 is 11.3 Å². The molecular formula is C11H14N6O7S2. The first-order valence-electron chi connectivity index (χ1n) is 6.77. The summed E-state index contributed by atoms with van der Waals surface area (Å²) >= 11 is 1.03. The summed E-state index contributed by atoms with van der Waals surface area (Å²) in [4.78, 5) is 44.6. The minimum Gasteiger partial charge on any atom is -0.398 e. The predicted molar refractivity (Wildman–Crippen MR) is 88.3 cm³/mol. The summed E-state index contributed by atoms with van der Waals surface area (Å²) in [6.45, 7) is 0. The van der Waals surface area contributed by atoms with Gasteiger partial charge >= 0.3 is 10.3 Å². The maximum atomic E-state index is 12.4. The molecule has 0 aliphatic carbocycles. The third-order valence-electron chi connectivity index (χ3n) is 3.26. The number of hydrogen-bond acceptors (Lipinski definition) is 10. The lowest BCUT2D eigenvalue weighted by atomic mass is 9.97. The lowest BCUT2D eigenvalue weighted by Gasteiger charge is -2.42. The lowest BCUT2D eigenvalue weighted by Crippen LogP contribution is -2.75. The molecule has 5 N–H and O–H groups in total. The maximum absolute atomic E-state index is 12.4. The molecular weight excluding hydrogens is 392 g/mol. The van der Waals surface area contributed by atoms with Crippen LogP contribution in [-0.2, 0) is 29.5 Å². The molecule has 1 aliphatic heterocycles. The van der Waals surface area contributed by atoms with Crippen molar-refractivity contribution in [2.45, 2.75) is 12.1 Å². The van der Waals surface area contributed by atoms with E-state index in [1.54, 1.807) is 0 Å². The Bertz CT molecular complexity index is 879. The predicted octanol–water partition coefficient (Wildman–Crippen LogP) is -2.68. The second kappa shape index (κ2) is 7.22. The van der Waals surface area contributed by atoms with Gasteiger partial charge in [-0.25, -0.2) is 4.98 Å². The van der Waals surface area contributed by atoms with Gasteiger partial charge in [0.25, 0.3) is 11.8 Å². The van der Waals surface area contributed by atoms with Crippen molar-refractivity contribution < 1.29 is 32.2 Å². The quantitative estimate of drug-likeness (QED) is 0.168. The number of oxime groups is 1. The average Bonchev–Trinajstić information content (AvgIpc) is 2.98. The van der Waals surface area contributed by atoms with Gasteiger partial charge < -0.3 is 21.2 Å². The van der Waals surface area contributed by atoms with E-state index in [1.165, 1.54) is 19.5 Å². The first-order valence-corrected chi connectivity index (χ1v) is 9.05. The van der Waals surface area contributed by atoms with Crippen LogP contribution in [0.3, 0.4) is 0 Å². The standard InChI is InChI=1S/C11H14N6O7S2/c1-13-9(19)7-6(10(20)17(7)26(21,22)23)15-8(18)5(16-24-2)4-3-25-11(12)14-4/h3,6-7H,1-2H3,(H2,12,14)(H,13,19)(H,15,18)(H,21,22,23)/b16-5-. The molecule has 2 atom stereocenters. The number of likely N-dealkylation sites (N-methyl/N-ethyl adjacent to an activating group) is 1. The summed E-state index contributed by atoms with van der Waals surface area (Å²) in [6.07, 6.45) is 0. The summed E-state index contributed by atoms with van der Waals surface area (Å²) in [5.74, 6) is -3.06. The van der Waals surface area contributed by atoms with Gasteiger partial charge in [-0.1, -0.05) is 5.16 Å². The third kappa shape index (κ3) is 3.58. The number of aromatic nitrogens is 1. The van der Waals surface area contributed by atoms with Crippen molar-refractivity contribution in [1.82, 2.24) is 19.9 Å². The van der Waals surface area contributed by atoms with Crippen molar-refractivity contribution in [1.29, 1.82) is 0 Å². The van der Waals surface area contributed by atoms with Crippen molar-refractivity contribution in [3.05, 3.63) is 11.1 Å². The van der Waals surface area contributed by atoms with E-state index in [2.05, 4.69) is 25.6 Å². The zero-order valence-electron chi connectivity index (χ0n) is 13.4. The van der Waals surface area contributed by atoms with Gasteiger partial charge in [-0.05, 0) is 0 Å². The first-order chi connectivity index (χ1) is 12.1. The zero-order valence-corrected chi connectivity index (χ0v) is 15.0. The van der Waals surface area contributed by atoms with E-state index in [0.29, 0.717) is 0 Å². The normalized spacial score (nSPS) is 20.3. The largest absolute Gasteiger partial charge is 0.398 e. The SMILES string of the molecule is CNC(=O)C1C(NC(=O)/C(=N\OC)c2csc(N)n2)C(=O)N1S(=O)(=O)O. The number of carbonyl (C=O) groups excluding carboxylic acids is 3. The van der Waals surface area contributed by atoms with Crippen LogP contribution < -0.4 is 16.4 Å². The lowest BCUT2D eigenvalue weighted by molar-refractivity contribution is -0.151. The molecule has 0 aromatic carbocycles. The van der Waals surface area contributed by atoms with Gasteiger partial charge in [0, 0.05) is 12.4 Å². The van der Waals surface area contributed by atoms with Gasteiger partial charge in [0.1, 0.15) is 18.8 Å². The number of thiazole rings is 1. The fourth-order valence-electron chi connectivity index (χ4n) is 2.17. The summed E-state index contributed by atoms with van der Waals surface area (Å²) in [5.41, 5.74) is 5.21. The molecule has 1 aliphatic rings. The maximum Gasteiger partial charge on any atom is 0.363 e. The third-order valence-corrected chi connectivity index (χ3v) is 4.84. The van der Waals surface area contributed by atoms with Crippen LogP contribution in [0.15, 0.2) is 10.5 Å². The second-order valence-electron chi connectivity index (χ2n) is 4.82. The Morgan fingerprint density at radius 3 is 2.62 bits per heavy atom. The van der Waals surface area contributed by atoms with Crippen molar-refractivity contribution in [2.75, 3.05) is 19.9 Å². The number of nitrogens with two attached hydrogens (primary N) is 1. The molecule has 26 heavy (non-hydrogen) atoms. The highest BCUT2D eigenvalue weighted by atomic mass is 32.2. The van der Waals surface area contributed by atoms with Gasteiger partial charge in [0.2, 0.25) is 5.91 Å². The monoisotopic (exact) mass is 406 g/mol. The minimum absolute atomic E-state index is 0.0370. The van der Waals surface area contributed by atoms with Gasteiger partial charge in [-0.15, -0.1) is 11.3 Å². The van der Waals surface area contributed by atoms with Crippen molar-refractivity contribution >= 4 is 50.2 Å². The van der Waals surface area contributed by atoms with E-state index in [9.17, 15) is 22.8 Å². The Hall–Kier alpha value is -2.78. The van der Waals surface area contributed by atoms with Gasteiger partial charge in [-0.3, -0.25) is 18.9 Å². The van der Waals surface area contributed by atoms with Crippen LogP contribution in [-0.4, -0.2) is 71.9 Å². The van der Waals surface area contributed by atoms with Crippen molar-refractivity contribution in [3.8, 4) is 0 Å². The average molecular weight is 406 g/mol. The highest BCUT2D eigenvalue weighted by molar-refractivity contribution is 7.84. The number of anilines is 1. The molecule has 0 bridgehead atoms. The number of nitrogens with one attached hydrogen (secondary N) is 2.